The van der Waals surface area contributed by atoms with E-state index in [1.165, 1.54) is 0 Å². The van der Waals surface area contributed by atoms with Crippen LogP contribution in [0.25, 0.3) is 0 Å². The van der Waals surface area contributed by atoms with Crippen LogP contribution in [-0.2, 0) is 0 Å². The van der Waals surface area contributed by atoms with Crippen molar-refractivity contribution in [3.63, 3.8) is 0 Å². The third kappa shape index (κ3) is 11.0. The first-order valence-corrected chi connectivity index (χ1v) is 4.97. The van der Waals surface area contributed by atoms with Gasteiger partial charge in [-0.15, -0.1) is 5.92 Å². The molecule has 1 unspecified atom stereocenters. The molecule has 0 aliphatic rings. The first-order chi connectivity index (χ1) is 6.77. The quantitative estimate of drug-likeness (QED) is 0.523. The molecule has 0 rings (SSSR count). The first kappa shape index (κ1) is 13.0. The summed E-state index contributed by atoms with van der Waals surface area (Å²) in [6.07, 6.45) is 3.46. The maximum atomic E-state index is 8.96. The van der Waals surface area contributed by atoms with Gasteiger partial charge in [0.15, 0.2) is 0 Å². The largest absolute Gasteiger partial charge is 0.395 e. The number of unbranched alkanes of at least 4 members (excludes halogenated alkanes) is 1. The van der Waals surface area contributed by atoms with Gasteiger partial charge in [-0.2, -0.15) is 0 Å². The van der Waals surface area contributed by atoms with Crippen LogP contribution in [-0.4, -0.2) is 22.9 Å². The Hall–Kier alpha value is -0.960. The highest BCUT2D eigenvalue weighted by Crippen LogP contribution is 1.98. The second kappa shape index (κ2) is 10.1. The summed E-state index contributed by atoms with van der Waals surface area (Å²) in [5, 5.41) is 17.4. The molecule has 0 saturated carbocycles. The summed E-state index contributed by atoms with van der Waals surface area (Å²) in [6.45, 7) is 1.91. The van der Waals surface area contributed by atoms with Crippen molar-refractivity contribution in [2.45, 2.75) is 45.1 Å². The molecule has 1 atom stereocenters. The van der Waals surface area contributed by atoms with E-state index in [-0.39, 0.29) is 12.7 Å². The van der Waals surface area contributed by atoms with Crippen molar-refractivity contribution in [3.05, 3.63) is 0 Å². The second-order valence-electron chi connectivity index (χ2n) is 3.10. The average molecular weight is 194 g/mol. The Morgan fingerprint density at radius 2 is 1.71 bits per heavy atom. The van der Waals surface area contributed by atoms with E-state index in [1.54, 1.807) is 6.92 Å². The van der Waals surface area contributed by atoms with Crippen LogP contribution < -0.4 is 0 Å². The van der Waals surface area contributed by atoms with Gasteiger partial charge in [0.1, 0.15) is 0 Å². The van der Waals surface area contributed by atoms with E-state index in [0.717, 1.165) is 19.3 Å². The summed E-state index contributed by atoms with van der Waals surface area (Å²) in [7, 11) is 0. The van der Waals surface area contributed by atoms with Gasteiger partial charge in [-0.3, -0.25) is 0 Å². The maximum Gasteiger partial charge on any atom is 0.0702 e. The van der Waals surface area contributed by atoms with Crippen LogP contribution in [0.4, 0.5) is 0 Å². The zero-order chi connectivity index (χ0) is 10.6. The Morgan fingerprint density at radius 1 is 1.07 bits per heavy atom. The summed E-state index contributed by atoms with van der Waals surface area (Å²) in [4.78, 5) is 0. The third-order valence-corrected chi connectivity index (χ3v) is 1.59. The van der Waals surface area contributed by atoms with Gasteiger partial charge in [0, 0.05) is 12.8 Å². The zero-order valence-corrected chi connectivity index (χ0v) is 8.71. The van der Waals surface area contributed by atoms with Crippen LogP contribution in [0.1, 0.15) is 39.0 Å². The molecule has 2 heteroatoms. The topological polar surface area (TPSA) is 40.5 Å². The fourth-order valence-electron chi connectivity index (χ4n) is 0.888. The van der Waals surface area contributed by atoms with Crippen molar-refractivity contribution in [1.82, 2.24) is 0 Å². The van der Waals surface area contributed by atoms with Gasteiger partial charge < -0.3 is 10.2 Å². The normalized spacial score (nSPS) is 10.8. The van der Waals surface area contributed by atoms with Gasteiger partial charge in [0.2, 0.25) is 0 Å². The second-order valence-corrected chi connectivity index (χ2v) is 3.10. The molecule has 0 aromatic rings. The van der Waals surface area contributed by atoms with E-state index in [9.17, 15) is 0 Å². The van der Waals surface area contributed by atoms with Crippen LogP contribution >= 0.6 is 0 Å². The molecule has 2 nitrogen and oxygen atoms in total. The highest BCUT2D eigenvalue weighted by Gasteiger charge is 1.91. The average Bonchev–Trinajstić information content (AvgIpc) is 2.15. The molecule has 2 N–H and O–H groups in total. The number of hydrogen-bond donors (Lipinski definition) is 2. The molecule has 14 heavy (non-hydrogen) atoms. The van der Waals surface area contributed by atoms with E-state index in [1.807, 2.05) is 0 Å². The molecule has 0 aromatic carbocycles. The van der Waals surface area contributed by atoms with Gasteiger partial charge in [0.05, 0.1) is 19.1 Å². The predicted octanol–water partition coefficient (Wildman–Crippen LogP) is 1.32. The Kier molecular flexibility index (Phi) is 9.43. The van der Waals surface area contributed by atoms with E-state index >= 15 is 0 Å². The smallest absolute Gasteiger partial charge is 0.0702 e. The van der Waals surface area contributed by atoms with Gasteiger partial charge in [-0.25, -0.2) is 0 Å². The molecular weight excluding hydrogens is 176 g/mol. The van der Waals surface area contributed by atoms with Gasteiger partial charge in [-0.05, 0) is 19.8 Å². The van der Waals surface area contributed by atoms with E-state index in [4.69, 9.17) is 10.2 Å². The van der Waals surface area contributed by atoms with Crippen molar-refractivity contribution >= 4 is 0 Å². The van der Waals surface area contributed by atoms with Crippen molar-refractivity contribution in [2.24, 2.45) is 0 Å². The highest BCUT2D eigenvalue weighted by molar-refractivity contribution is 5.11. The molecule has 78 valence electrons. The lowest BCUT2D eigenvalue weighted by Crippen LogP contribution is -1.97. The minimum atomic E-state index is -0.221. The molecule has 0 amide bonds. The van der Waals surface area contributed by atoms with Gasteiger partial charge in [0.25, 0.3) is 0 Å². The minimum absolute atomic E-state index is 0.120. The number of aliphatic hydroxyl groups is 2. The number of rotatable bonds is 4. The standard InChI is InChI=1S/C12H18O2/c1-12(14)10-8-6-4-2-3-5-7-9-11-13/h12-14H,3,6,8-11H2,1H3. The van der Waals surface area contributed by atoms with Crippen LogP contribution in [0.5, 0.6) is 0 Å². The lowest BCUT2D eigenvalue weighted by atomic mass is 10.2. The van der Waals surface area contributed by atoms with Gasteiger partial charge >= 0.3 is 0 Å². The van der Waals surface area contributed by atoms with Gasteiger partial charge in [-0.1, -0.05) is 17.8 Å². The van der Waals surface area contributed by atoms with Crippen molar-refractivity contribution in [3.8, 4) is 23.7 Å². The minimum Gasteiger partial charge on any atom is -0.395 e. The number of aliphatic hydroxyl groups excluding tert-OH is 2. The van der Waals surface area contributed by atoms with Crippen LogP contribution in [0.3, 0.4) is 0 Å². The molecule has 0 aromatic heterocycles. The molecule has 0 aliphatic heterocycles. The van der Waals surface area contributed by atoms with Crippen molar-refractivity contribution < 1.29 is 10.2 Å². The Labute approximate surface area is 86.3 Å². The molecule has 0 heterocycles. The Balaban J connectivity index is 3.32. The van der Waals surface area contributed by atoms with E-state index in [0.29, 0.717) is 12.8 Å². The third-order valence-electron chi connectivity index (χ3n) is 1.59. The highest BCUT2D eigenvalue weighted by atomic mass is 16.3. The monoisotopic (exact) mass is 194 g/mol. The Morgan fingerprint density at radius 3 is 2.29 bits per heavy atom. The predicted molar refractivity (Wildman–Crippen MR) is 57.4 cm³/mol. The zero-order valence-electron chi connectivity index (χ0n) is 8.71. The summed E-state index contributed by atoms with van der Waals surface area (Å²) in [5.41, 5.74) is 0. The number of hydrogen-bond acceptors (Lipinski definition) is 2. The van der Waals surface area contributed by atoms with Crippen LogP contribution in [0.15, 0.2) is 0 Å². The molecule has 0 spiro atoms. The first-order valence-electron chi connectivity index (χ1n) is 4.97. The molecule has 0 aliphatic carbocycles. The Bertz CT molecular complexity index is 235. The van der Waals surface area contributed by atoms with E-state index < -0.39 is 0 Å². The van der Waals surface area contributed by atoms with Crippen LogP contribution in [0.2, 0.25) is 0 Å². The molecular formula is C12H18O2. The summed E-state index contributed by atoms with van der Waals surface area (Å²) >= 11 is 0. The summed E-state index contributed by atoms with van der Waals surface area (Å²) in [6, 6.07) is 0. The molecule has 0 radical (unpaired) electrons. The molecule has 0 fully saturated rings. The van der Waals surface area contributed by atoms with Crippen molar-refractivity contribution in [1.29, 1.82) is 0 Å². The summed E-state index contributed by atoms with van der Waals surface area (Å²) < 4.78 is 0. The lowest BCUT2D eigenvalue weighted by Gasteiger charge is -1.98. The lowest BCUT2D eigenvalue weighted by molar-refractivity contribution is 0.182. The van der Waals surface area contributed by atoms with Crippen LogP contribution in [0, 0.1) is 23.7 Å². The maximum absolute atomic E-state index is 8.96. The fraction of sp³-hybridized carbons (Fsp3) is 0.667. The summed E-state index contributed by atoms with van der Waals surface area (Å²) in [5.74, 6) is 11.6. The fourth-order valence-corrected chi connectivity index (χ4v) is 0.888. The van der Waals surface area contributed by atoms with Crippen molar-refractivity contribution in [2.75, 3.05) is 6.61 Å². The van der Waals surface area contributed by atoms with E-state index in [2.05, 4.69) is 23.7 Å². The molecule has 0 bridgehead atoms. The molecule has 0 saturated heterocycles. The SMILES string of the molecule is CC(O)CCCC#CCC#CCCO.